The van der Waals surface area contributed by atoms with Gasteiger partial charge in [0, 0.05) is 29.9 Å². The number of carbonyl (C=O) groups excluding carboxylic acids is 1. The number of carbonyl (C=O) groups is 1. The number of amides is 1. The molecule has 31 heavy (non-hydrogen) atoms. The lowest BCUT2D eigenvalue weighted by Gasteiger charge is -2.21. The molecule has 4 nitrogen and oxygen atoms in total. The highest BCUT2D eigenvalue weighted by atomic mass is 32.2. The van der Waals surface area contributed by atoms with E-state index in [1.54, 1.807) is 17.0 Å². The van der Waals surface area contributed by atoms with Crippen LogP contribution < -0.4 is 0 Å². The summed E-state index contributed by atoms with van der Waals surface area (Å²) in [7, 11) is 1.81. The Hall–Kier alpha value is -3.25. The van der Waals surface area contributed by atoms with Gasteiger partial charge in [0.15, 0.2) is 0 Å². The Bertz CT molecular complexity index is 1200. The fourth-order valence-corrected chi connectivity index (χ4v) is 4.46. The molecule has 4 aromatic rings. The van der Waals surface area contributed by atoms with Gasteiger partial charge >= 0.3 is 0 Å². The van der Waals surface area contributed by atoms with Crippen molar-refractivity contribution in [2.24, 2.45) is 0 Å². The van der Waals surface area contributed by atoms with E-state index in [4.69, 9.17) is 0 Å². The summed E-state index contributed by atoms with van der Waals surface area (Å²) in [6, 6.07) is 24.0. The second kappa shape index (κ2) is 9.27. The zero-order chi connectivity index (χ0) is 21.8. The average molecular weight is 432 g/mol. The Morgan fingerprint density at radius 3 is 2.29 bits per heavy atom. The quantitative estimate of drug-likeness (QED) is 0.374. The number of benzene rings is 3. The summed E-state index contributed by atoms with van der Waals surface area (Å²) in [6.07, 6.45) is 0. The zero-order valence-electron chi connectivity index (χ0n) is 17.3. The molecule has 0 spiro atoms. The molecule has 0 N–H and O–H groups in total. The molecule has 156 valence electrons. The van der Waals surface area contributed by atoms with Crippen molar-refractivity contribution >= 4 is 28.4 Å². The lowest BCUT2D eigenvalue weighted by atomic mass is 10.1. The van der Waals surface area contributed by atoms with E-state index in [0.29, 0.717) is 17.3 Å². The van der Waals surface area contributed by atoms with E-state index in [0.717, 1.165) is 21.9 Å². The van der Waals surface area contributed by atoms with Gasteiger partial charge in [-0.3, -0.25) is 4.79 Å². The monoisotopic (exact) mass is 431 g/mol. The van der Waals surface area contributed by atoms with E-state index >= 15 is 0 Å². The maximum atomic E-state index is 13.3. The summed E-state index contributed by atoms with van der Waals surface area (Å²) in [5.41, 5.74) is 2.58. The maximum Gasteiger partial charge on any atom is 0.235 e. The van der Waals surface area contributed by atoms with Gasteiger partial charge in [0.25, 0.3) is 0 Å². The van der Waals surface area contributed by atoms with Crippen molar-refractivity contribution in [3.05, 3.63) is 90.2 Å². The van der Waals surface area contributed by atoms with Gasteiger partial charge in [-0.1, -0.05) is 66.4 Å². The van der Waals surface area contributed by atoms with E-state index in [9.17, 15) is 9.18 Å². The van der Waals surface area contributed by atoms with Crippen LogP contribution in [0.1, 0.15) is 12.5 Å². The molecule has 1 heterocycles. The van der Waals surface area contributed by atoms with Crippen LogP contribution >= 0.6 is 11.8 Å². The fourth-order valence-electron chi connectivity index (χ4n) is 3.45. The number of hydrogen-bond donors (Lipinski definition) is 0. The molecule has 0 radical (unpaired) electrons. The molecule has 0 aliphatic heterocycles. The number of halogens is 1. The lowest BCUT2D eigenvalue weighted by Crippen LogP contribution is -2.32. The highest BCUT2D eigenvalue weighted by molar-refractivity contribution is 8.00. The molecule has 1 atom stereocenters. The Morgan fingerprint density at radius 2 is 1.58 bits per heavy atom. The van der Waals surface area contributed by atoms with Crippen LogP contribution in [0.3, 0.4) is 0 Å². The average Bonchev–Trinajstić information content (AvgIpc) is 2.80. The lowest BCUT2D eigenvalue weighted by molar-refractivity contribution is -0.129. The minimum Gasteiger partial charge on any atom is -0.340 e. The van der Waals surface area contributed by atoms with Crippen molar-refractivity contribution in [3.8, 4) is 11.3 Å². The van der Waals surface area contributed by atoms with Crippen LogP contribution in [0.15, 0.2) is 83.9 Å². The summed E-state index contributed by atoms with van der Waals surface area (Å²) in [4.78, 5) is 14.7. The van der Waals surface area contributed by atoms with Gasteiger partial charge in [-0.15, -0.1) is 10.2 Å². The van der Waals surface area contributed by atoms with Crippen molar-refractivity contribution in [1.29, 1.82) is 0 Å². The second-order valence-electron chi connectivity index (χ2n) is 7.35. The number of aromatic nitrogens is 2. The van der Waals surface area contributed by atoms with Gasteiger partial charge in [-0.25, -0.2) is 4.39 Å². The van der Waals surface area contributed by atoms with Gasteiger partial charge in [0.2, 0.25) is 5.91 Å². The third-order valence-corrected chi connectivity index (χ3v) is 6.13. The highest BCUT2D eigenvalue weighted by Crippen LogP contribution is 2.33. The summed E-state index contributed by atoms with van der Waals surface area (Å²) >= 11 is 1.40. The third kappa shape index (κ3) is 4.75. The molecule has 4 rings (SSSR count). The van der Waals surface area contributed by atoms with Gasteiger partial charge in [0.05, 0.1) is 5.25 Å². The van der Waals surface area contributed by atoms with E-state index in [2.05, 4.69) is 10.2 Å². The Labute approximate surface area is 185 Å². The van der Waals surface area contributed by atoms with Crippen molar-refractivity contribution in [2.45, 2.75) is 23.7 Å². The standard InChI is InChI=1S/C25H22FN3OS/c1-17(25(30)29(2)16-18-8-4-3-5-9-18)31-24-22-11-7-6-10-21(22)23(27-28-24)19-12-14-20(26)15-13-19/h3-15,17H,16H2,1-2H3/t17-/m0/s1. The Balaban J connectivity index is 1.58. The molecule has 6 heteroatoms. The van der Waals surface area contributed by atoms with Crippen molar-refractivity contribution in [1.82, 2.24) is 15.1 Å². The Morgan fingerprint density at radius 1 is 0.935 bits per heavy atom. The predicted octanol–water partition coefficient (Wildman–Crippen LogP) is 5.58. The van der Waals surface area contributed by atoms with Crippen molar-refractivity contribution in [2.75, 3.05) is 7.05 Å². The van der Waals surface area contributed by atoms with Gasteiger partial charge in [-0.2, -0.15) is 0 Å². The molecule has 0 aliphatic rings. The molecule has 0 aliphatic carbocycles. The number of rotatable bonds is 6. The van der Waals surface area contributed by atoms with Crippen LogP contribution in [0.2, 0.25) is 0 Å². The minimum absolute atomic E-state index is 0.0299. The summed E-state index contributed by atoms with van der Waals surface area (Å²) in [5, 5.41) is 11.1. The van der Waals surface area contributed by atoms with Crippen LogP contribution in [-0.2, 0) is 11.3 Å². The number of thioether (sulfide) groups is 1. The Kier molecular flexibility index (Phi) is 6.28. The SMILES string of the molecule is C[C@H](Sc1nnc(-c2ccc(F)cc2)c2ccccc12)C(=O)N(C)Cc1ccccc1. The van der Waals surface area contributed by atoms with Crippen LogP contribution in [-0.4, -0.2) is 33.3 Å². The fraction of sp³-hybridized carbons (Fsp3) is 0.160. The normalized spacial score (nSPS) is 12.0. The molecule has 0 saturated carbocycles. The summed E-state index contributed by atoms with van der Waals surface area (Å²) < 4.78 is 13.3. The highest BCUT2D eigenvalue weighted by Gasteiger charge is 2.21. The number of nitrogens with zero attached hydrogens (tertiary/aromatic N) is 3. The van der Waals surface area contributed by atoms with E-state index in [1.807, 2.05) is 68.6 Å². The first-order valence-electron chi connectivity index (χ1n) is 10.00. The third-order valence-electron chi connectivity index (χ3n) is 5.05. The van der Waals surface area contributed by atoms with Crippen LogP contribution in [0.4, 0.5) is 4.39 Å². The van der Waals surface area contributed by atoms with Gasteiger partial charge in [-0.05, 0) is 36.8 Å². The topological polar surface area (TPSA) is 46.1 Å². The first-order chi connectivity index (χ1) is 15.0. The first kappa shape index (κ1) is 21.0. The van der Waals surface area contributed by atoms with Gasteiger partial charge < -0.3 is 4.90 Å². The summed E-state index contributed by atoms with van der Waals surface area (Å²) in [5.74, 6) is -0.262. The molecule has 0 bridgehead atoms. The van der Waals surface area contributed by atoms with Gasteiger partial charge in [0.1, 0.15) is 16.5 Å². The van der Waals surface area contributed by atoms with Crippen LogP contribution in [0.5, 0.6) is 0 Å². The number of hydrogen-bond acceptors (Lipinski definition) is 4. The van der Waals surface area contributed by atoms with E-state index in [1.165, 1.54) is 23.9 Å². The minimum atomic E-state index is -0.317. The molecule has 0 saturated heterocycles. The molecule has 3 aromatic carbocycles. The molecule has 0 fully saturated rings. The molecular formula is C25H22FN3OS. The molecular weight excluding hydrogens is 409 g/mol. The largest absolute Gasteiger partial charge is 0.340 e. The summed E-state index contributed by atoms with van der Waals surface area (Å²) in [6.45, 7) is 2.44. The predicted molar refractivity (Wildman–Crippen MR) is 123 cm³/mol. The number of fused-ring (bicyclic) bond motifs is 1. The second-order valence-corrected chi connectivity index (χ2v) is 8.68. The first-order valence-corrected chi connectivity index (χ1v) is 10.9. The van der Waals surface area contributed by atoms with E-state index < -0.39 is 0 Å². The molecule has 1 amide bonds. The smallest absolute Gasteiger partial charge is 0.235 e. The molecule has 0 unspecified atom stereocenters. The van der Waals surface area contributed by atoms with Crippen molar-refractivity contribution in [3.63, 3.8) is 0 Å². The van der Waals surface area contributed by atoms with Crippen molar-refractivity contribution < 1.29 is 9.18 Å². The van der Waals surface area contributed by atoms with Crippen LogP contribution in [0.25, 0.3) is 22.0 Å². The van der Waals surface area contributed by atoms with E-state index in [-0.39, 0.29) is 17.0 Å². The zero-order valence-corrected chi connectivity index (χ0v) is 18.1. The molecule has 1 aromatic heterocycles. The maximum absolute atomic E-state index is 13.3. The van der Waals surface area contributed by atoms with Crippen LogP contribution in [0, 0.1) is 5.82 Å².